The van der Waals surface area contributed by atoms with Gasteiger partial charge in [-0.05, 0) is 49.8 Å². The van der Waals surface area contributed by atoms with Crippen LogP contribution in [0.1, 0.15) is 56.1 Å². The molecule has 0 unspecified atom stereocenters. The highest BCUT2D eigenvalue weighted by atomic mass is 16.1. The van der Waals surface area contributed by atoms with Crippen molar-refractivity contribution in [1.82, 2.24) is 10.2 Å². The van der Waals surface area contributed by atoms with Crippen molar-refractivity contribution < 1.29 is 4.79 Å². The molecule has 25 heavy (non-hydrogen) atoms. The maximum Gasteiger partial charge on any atom is 0.223 e. The molecule has 1 aliphatic carbocycles. The van der Waals surface area contributed by atoms with Gasteiger partial charge in [-0.25, -0.2) is 0 Å². The van der Waals surface area contributed by atoms with Gasteiger partial charge in [0.15, 0.2) is 0 Å². The van der Waals surface area contributed by atoms with E-state index in [0.29, 0.717) is 5.92 Å². The van der Waals surface area contributed by atoms with E-state index in [4.69, 9.17) is 0 Å². The molecule has 1 atom stereocenters. The third-order valence-electron chi connectivity index (χ3n) is 5.68. The van der Waals surface area contributed by atoms with Crippen LogP contribution in [0.15, 0.2) is 24.3 Å². The SMILES string of the molecule is N#Cc1ccccc1CN1CCC[C@H](CNC(=O)C2CCCCC2)C1. The highest BCUT2D eigenvalue weighted by molar-refractivity contribution is 5.78. The Morgan fingerprint density at radius 1 is 1.16 bits per heavy atom. The molecule has 1 aromatic carbocycles. The van der Waals surface area contributed by atoms with Gasteiger partial charge < -0.3 is 5.32 Å². The first kappa shape index (κ1) is 17.9. The van der Waals surface area contributed by atoms with Gasteiger partial charge in [-0.2, -0.15) is 5.26 Å². The lowest BCUT2D eigenvalue weighted by Crippen LogP contribution is -2.42. The molecule has 1 aliphatic heterocycles. The van der Waals surface area contributed by atoms with Crippen molar-refractivity contribution in [3.05, 3.63) is 35.4 Å². The molecule has 134 valence electrons. The topological polar surface area (TPSA) is 56.1 Å². The third-order valence-corrected chi connectivity index (χ3v) is 5.68. The first-order valence-electron chi connectivity index (χ1n) is 9.74. The fourth-order valence-corrected chi connectivity index (χ4v) is 4.22. The summed E-state index contributed by atoms with van der Waals surface area (Å²) in [6.07, 6.45) is 8.16. The quantitative estimate of drug-likeness (QED) is 0.894. The van der Waals surface area contributed by atoms with Gasteiger partial charge >= 0.3 is 0 Å². The van der Waals surface area contributed by atoms with Crippen LogP contribution in [0.4, 0.5) is 0 Å². The Kier molecular flexibility index (Phi) is 6.47. The molecule has 3 rings (SSSR count). The Balaban J connectivity index is 1.48. The number of carbonyl (C=O) groups is 1. The van der Waals surface area contributed by atoms with Crippen molar-refractivity contribution in [3.8, 4) is 6.07 Å². The number of rotatable bonds is 5. The molecule has 1 saturated heterocycles. The highest BCUT2D eigenvalue weighted by Gasteiger charge is 2.24. The summed E-state index contributed by atoms with van der Waals surface area (Å²) < 4.78 is 0. The molecule has 0 radical (unpaired) electrons. The van der Waals surface area contributed by atoms with Crippen molar-refractivity contribution in [3.63, 3.8) is 0 Å². The van der Waals surface area contributed by atoms with Crippen LogP contribution in [0.2, 0.25) is 0 Å². The summed E-state index contributed by atoms with van der Waals surface area (Å²) in [5, 5.41) is 12.5. The van der Waals surface area contributed by atoms with Gasteiger partial charge in [-0.1, -0.05) is 37.5 Å². The maximum absolute atomic E-state index is 12.3. The molecule has 1 amide bonds. The lowest BCUT2D eigenvalue weighted by molar-refractivity contribution is -0.126. The number of hydrogen-bond acceptors (Lipinski definition) is 3. The molecular formula is C21H29N3O. The minimum absolute atomic E-state index is 0.246. The number of piperidine rings is 1. The van der Waals surface area contributed by atoms with E-state index in [1.165, 1.54) is 32.1 Å². The first-order chi connectivity index (χ1) is 12.3. The fraction of sp³-hybridized carbons (Fsp3) is 0.619. The lowest BCUT2D eigenvalue weighted by Gasteiger charge is -2.33. The number of amides is 1. The number of likely N-dealkylation sites (tertiary alicyclic amines) is 1. The second-order valence-corrected chi connectivity index (χ2v) is 7.59. The predicted molar refractivity (Wildman–Crippen MR) is 98.7 cm³/mol. The number of hydrogen-bond donors (Lipinski definition) is 1. The zero-order valence-electron chi connectivity index (χ0n) is 15.0. The van der Waals surface area contributed by atoms with E-state index < -0.39 is 0 Å². The number of carbonyl (C=O) groups excluding carboxylic acids is 1. The third kappa shape index (κ3) is 5.06. The molecular weight excluding hydrogens is 310 g/mol. The zero-order valence-corrected chi connectivity index (χ0v) is 15.0. The van der Waals surface area contributed by atoms with Gasteiger partial charge in [0.25, 0.3) is 0 Å². The smallest absolute Gasteiger partial charge is 0.223 e. The molecule has 4 heteroatoms. The minimum Gasteiger partial charge on any atom is -0.356 e. The molecule has 2 aliphatic rings. The van der Waals surface area contributed by atoms with Crippen molar-refractivity contribution >= 4 is 5.91 Å². The van der Waals surface area contributed by atoms with E-state index in [-0.39, 0.29) is 11.8 Å². The Hall–Kier alpha value is -1.86. The molecule has 1 N–H and O–H groups in total. The fourth-order valence-electron chi connectivity index (χ4n) is 4.22. The molecule has 1 aromatic rings. The van der Waals surface area contributed by atoms with E-state index >= 15 is 0 Å². The van der Waals surface area contributed by atoms with Crippen LogP contribution in [0.5, 0.6) is 0 Å². The average molecular weight is 339 g/mol. The molecule has 4 nitrogen and oxygen atoms in total. The minimum atomic E-state index is 0.246. The van der Waals surface area contributed by atoms with Gasteiger partial charge in [0.2, 0.25) is 5.91 Å². The predicted octanol–water partition coefficient (Wildman–Crippen LogP) is 3.47. The number of nitriles is 1. The maximum atomic E-state index is 12.3. The number of nitrogens with zero attached hydrogens (tertiary/aromatic N) is 2. The summed E-state index contributed by atoms with van der Waals surface area (Å²) in [7, 11) is 0. The van der Waals surface area contributed by atoms with Gasteiger partial charge in [0, 0.05) is 25.6 Å². The van der Waals surface area contributed by atoms with Crippen LogP contribution >= 0.6 is 0 Å². The lowest BCUT2D eigenvalue weighted by atomic mass is 9.88. The molecule has 0 bridgehead atoms. The highest BCUT2D eigenvalue weighted by Crippen LogP contribution is 2.24. The van der Waals surface area contributed by atoms with E-state index in [2.05, 4.69) is 16.3 Å². The van der Waals surface area contributed by atoms with Crippen molar-refractivity contribution in [1.29, 1.82) is 5.26 Å². The van der Waals surface area contributed by atoms with Crippen LogP contribution in [-0.2, 0) is 11.3 Å². The summed E-state index contributed by atoms with van der Waals surface area (Å²) in [5.74, 6) is 1.04. The molecule has 0 aromatic heterocycles. The largest absolute Gasteiger partial charge is 0.356 e. The van der Waals surface area contributed by atoms with Crippen LogP contribution in [0, 0.1) is 23.2 Å². The molecule has 2 fully saturated rings. The molecule has 1 heterocycles. The second kappa shape index (κ2) is 9.01. The Morgan fingerprint density at radius 3 is 2.76 bits per heavy atom. The zero-order chi connectivity index (χ0) is 17.5. The Labute approximate surface area is 151 Å². The summed E-state index contributed by atoms with van der Waals surface area (Å²) in [4.78, 5) is 14.8. The normalized spacial score (nSPS) is 22.3. The van der Waals surface area contributed by atoms with Crippen molar-refractivity contribution in [2.75, 3.05) is 19.6 Å². The monoisotopic (exact) mass is 339 g/mol. The first-order valence-corrected chi connectivity index (χ1v) is 9.74. The van der Waals surface area contributed by atoms with Gasteiger partial charge in [0.05, 0.1) is 11.6 Å². The van der Waals surface area contributed by atoms with Gasteiger partial charge in [0.1, 0.15) is 0 Å². The summed E-state index contributed by atoms with van der Waals surface area (Å²) >= 11 is 0. The summed E-state index contributed by atoms with van der Waals surface area (Å²) in [6, 6.07) is 10.1. The molecule has 0 spiro atoms. The summed E-state index contributed by atoms with van der Waals surface area (Å²) in [5.41, 5.74) is 1.88. The second-order valence-electron chi connectivity index (χ2n) is 7.59. The van der Waals surface area contributed by atoms with E-state index in [9.17, 15) is 10.1 Å². The summed E-state index contributed by atoms with van der Waals surface area (Å²) in [6.45, 7) is 3.71. The number of benzene rings is 1. The van der Waals surface area contributed by atoms with Crippen LogP contribution in [0.25, 0.3) is 0 Å². The number of nitrogens with one attached hydrogen (secondary N) is 1. The molecule has 1 saturated carbocycles. The van der Waals surface area contributed by atoms with Crippen LogP contribution < -0.4 is 5.32 Å². The average Bonchev–Trinajstić information content (AvgIpc) is 2.67. The van der Waals surface area contributed by atoms with Gasteiger partial charge in [-0.3, -0.25) is 9.69 Å². The van der Waals surface area contributed by atoms with Crippen molar-refractivity contribution in [2.24, 2.45) is 11.8 Å². The van der Waals surface area contributed by atoms with E-state index in [0.717, 1.165) is 50.1 Å². The standard InChI is InChI=1S/C21H29N3O/c22-13-19-10-4-5-11-20(19)16-24-12-6-7-17(15-24)14-23-21(25)18-8-2-1-3-9-18/h4-5,10-11,17-18H,1-3,6-9,12,14-16H2,(H,23,25)/t17-/m1/s1. The van der Waals surface area contributed by atoms with Crippen LogP contribution in [-0.4, -0.2) is 30.4 Å². The van der Waals surface area contributed by atoms with Gasteiger partial charge in [-0.15, -0.1) is 0 Å². The van der Waals surface area contributed by atoms with Crippen LogP contribution in [0.3, 0.4) is 0 Å². The van der Waals surface area contributed by atoms with E-state index in [1.54, 1.807) is 0 Å². The van der Waals surface area contributed by atoms with E-state index in [1.807, 2.05) is 24.3 Å². The van der Waals surface area contributed by atoms with Crippen molar-refractivity contribution in [2.45, 2.75) is 51.5 Å². The Morgan fingerprint density at radius 2 is 1.96 bits per heavy atom. The Bertz CT molecular complexity index is 616.